The number of hydrogen-bond acceptors (Lipinski definition) is 5. The average molecular weight is 445 g/mol. The van der Waals surface area contributed by atoms with Crippen LogP contribution in [0.2, 0.25) is 10.0 Å². The highest BCUT2D eigenvalue weighted by Crippen LogP contribution is 2.23. The van der Waals surface area contributed by atoms with Crippen LogP contribution in [0.1, 0.15) is 17.3 Å². The SMILES string of the molecule is CCOC(=O)c1cc(NC(=O)CN(c2ccc(Cl)cc2)S(C)(=O)=O)ccc1Cl. The van der Waals surface area contributed by atoms with Crippen molar-refractivity contribution in [2.24, 2.45) is 0 Å². The fourth-order valence-electron chi connectivity index (χ4n) is 2.31. The molecule has 1 N–H and O–H groups in total. The summed E-state index contributed by atoms with van der Waals surface area (Å²) in [5.74, 6) is -1.22. The van der Waals surface area contributed by atoms with E-state index in [0.29, 0.717) is 10.7 Å². The molecule has 0 radical (unpaired) electrons. The van der Waals surface area contributed by atoms with Gasteiger partial charge in [0.1, 0.15) is 6.54 Å². The molecule has 0 aliphatic carbocycles. The first kappa shape index (κ1) is 22.0. The first-order valence-electron chi connectivity index (χ1n) is 8.11. The number of ether oxygens (including phenoxy) is 1. The molecule has 0 aliphatic rings. The lowest BCUT2D eigenvalue weighted by atomic mass is 10.2. The second-order valence-electron chi connectivity index (χ2n) is 5.71. The van der Waals surface area contributed by atoms with Crippen molar-refractivity contribution in [1.82, 2.24) is 0 Å². The zero-order valence-electron chi connectivity index (χ0n) is 15.1. The van der Waals surface area contributed by atoms with Crippen LogP contribution < -0.4 is 9.62 Å². The molecule has 0 bridgehead atoms. The van der Waals surface area contributed by atoms with Crippen molar-refractivity contribution in [2.75, 3.05) is 29.0 Å². The van der Waals surface area contributed by atoms with Crippen molar-refractivity contribution < 1.29 is 22.7 Å². The van der Waals surface area contributed by atoms with Gasteiger partial charge in [0.25, 0.3) is 0 Å². The van der Waals surface area contributed by atoms with Gasteiger partial charge >= 0.3 is 5.97 Å². The van der Waals surface area contributed by atoms with E-state index in [0.717, 1.165) is 10.6 Å². The number of hydrogen-bond donors (Lipinski definition) is 1. The van der Waals surface area contributed by atoms with Crippen LogP contribution in [-0.4, -0.2) is 39.7 Å². The fourth-order valence-corrected chi connectivity index (χ4v) is 3.48. The summed E-state index contributed by atoms with van der Waals surface area (Å²) >= 11 is 11.8. The van der Waals surface area contributed by atoms with Crippen LogP contribution >= 0.6 is 23.2 Å². The van der Waals surface area contributed by atoms with Crippen molar-refractivity contribution in [2.45, 2.75) is 6.92 Å². The number of anilines is 2. The number of sulfonamides is 1. The van der Waals surface area contributed by atoms with Crippen LogP contribution in [0.25, 0.3) is 0 Å². The van der Waals surface area contributed by atoms with E-state index in [1.807, 2.05) is 0 Å². The third-order valence-corrected chi connectivity index (χ3v) is 5.27. The number of esters is 1. The summed E-state index contributed by atoms with van der Waals surface area (Å²) in [5, 5.41) is 3.17. The molecule has 0 aliphatic heterocycles. The van der Waals surface area contributed by atoms with Crippen LogP contribution in [0, 0.1) is 0 Å². The van der Waals surface area contributed by atoms with Gasteiger partial charge in [-0.25, -0.2) is 13.2 Å². The van der Waals surface area contributed by atoms with Crippen molar-refractivity contribution in [1.29, 1.82) is 0 Å². The summed E-state index contributed by atoms with van der Waals surface area (Å²) < 4.78 is 30.1. The molecule has 150 valence electrons. The predicted molar refractivity (Wildman–Crippen MR) is 110 cm³/mol. The van der Waals surface area contributed by atoms with E-state index in [1.54, 1.807) is 6.92 Å². The molecule has 0 saturated heterocycles. The van der Waals surface area contributed by atoms with Crippen LogP contribution in [0.15, 0.2) is 42.5 Å². The summed E-state index contributed by atoms with van der Waals surface area (Å²) in [6.07, 6.45) is 0.996. The summed E-state index contributed by atoms with van der Waals surface area (Å²) in [5.41, 5.74) is 0.673. The molecule has 2 aromatic carbocycles. The van der Waals surface area contributed by atoms with Gasteiger partial charge in [-0.3, -0.25) is 9.10 Å². The van der Waals surface area contributed by atoms with Gasteiger partial charge in [-0.2, -0.15) is 0 Å². The minimum Gasteiger partial charge on any atom is -0.462 e. The number of carbonyl (C=O) groups excluding carboxylic acids is 2. The Morgan fingerprint density at radius 1 is 1.11 bits per heavy atom. The second kappa shape index (κ2) is 9.27. The standard InChI is InChI=1S/C18H18Cl2N2O5S/c1-3-27-18(24)15-10-13(6-9-16(15)20)21-17(23)11-22(28(2,25)26)14-7-4-12(19)5-8-14/h4-10H,3,11H2,1-2H3,(H,21,23). The van der Waals surface area contributed by atoms with Gasteiger partial charge in [-0.15, -0.1) is 0 Å². The van der Waals surface area contributed by atoms with E-state index in [2.05, 4.69) is 5.32 Å². The maximum atomic E-state index is 12.4. The van der Waals surface area contributed by atoms with E-state index in [-0.39, 0.29) is 22.9 Å². The number of carbonyl (C=O) groups is 2. The molecule has 7 nitrogen and oxygen atoms in total. The number of nitrogens with zero attached hydrogens (tertiary/aromatic N) is 1. The Bertz CT molecular complexity index is 978. The average Bonchev–Trinajstić information content (AvgIpc) is 2.61. The molecule has 0 heterocycles. The van der Waals surface area contributed by atoms with Gasteiger partial charge in [0.2, 0.25) is 15.9 Å². The molecule has 0 aromatic heterocycles. The lowest BCUT2D eigenvalue weighted by Crippen LogP contribution is -2.37. The molecule has 2 aromatic rings. The van der Waals surface area contributed by atoms with E-state index in [9.17, 15) is 18.0 Å². The monoisotopic (exact) mass is 444 g/mol. The minimum atomic E-state index is -3.72. The molecule has 0 saturated carbocycles. The Balaban J connectivity index is 2.20. The van der Waals surface area contributed by atoms with Gasteiger partial charge in [-0.05, 0) is 49.4 Å². The van der Waals surface area contributed by atoms with Crippen LogP contribution in [-0.2, 0) is 19.6 Å². The normalized spacial score (nSPS) is 11.0. The van der Waals surface area contributed by atoms with Crippen molar-refractivity contribution in [3.8, 4) is 0 Å². The van der Waals surface area contributed by atoms with Gasteiger partial charge in [0.15, 0.2) is 0 Å². The molecule has 1 amide bonds. The van der Waals surface area contributed by atoms with Crippen LogP contribution in [0.4, 0.5) is 11.4 Å². The fraction of sp³-hybridized carbons (Fsp3) is 0.222. The lowest BCUT2D eigenvalue weighted by molar-refractivity contribution is -0.114. The Kier molecular flexibility index (Phi) is 7.29. The largest absolute Gasteiger partial charge is 0.462 e. The first-order valence-corrected chi connectivity index (χ1v) is 10.7. The summed E-state index contributed by atoms with van der Waals surface area (Å²) in [6, 6.07) is 10.4. The molecule has 2 rings (SSSR count). The zero-order chi connectivity index (χ0) is 20.9. The predicted octanol–water partition coefficient (Wildman–Crippen LogP) is 3.57. The molecular formula is C18H18Cl2N2O5S. The Labute approximate surface area is 173 Å². The number of halogens is 2. The molecule has 28 heavy (non-hydrogen) atoms. The highest BCUT2D eigenvalue weighted by atomic mass is 35.5. The minimum absolute atomic E-state index is 0.0963. The third-order valence-electron chi connectivity index (χ3n) is 3.55. The summed E-state index contributed by atoms with van der Waals surface area (Å²) in [6.45, 7) is 1.38. The molecule has 0 unspecified atom stereocenters. The maximum Gasteiger partial charge on any atom is 0.339 e. The molecular weight excluding hydrogens is 427 g/mol. The van der Waals surface area contributed by atoms with E-state index < -0.39 is 28.4 Å². The molecule has 0 fully saturated rings. The van der Waals surface area contributed by atoms with Crippen LogP contribution in [0.3, 0.4) is 0 Å². The second-order valence-corrected chi connectivity index (χ2v) is 8.46. The lowest BCUT2D eigenvalue weighted by Gasteiger charge is -2.22. The number of benzene rings is 2. The van der Waals surface area contributed by atoms with Crippen molar-refractivity contribution >= 4 is 56.5 Å². The Hall–Kier alpha value is -2.29. The summed E-state index contributed by atoms with van der Waals surface area (Å²) in [4.78, 5) is 24.3. The van der Waals surface area contributed by atoms with E-state index >= 15 is 0 Å². The number of amides is 1. The molecule has 0 atom stereocenters. The highest BCUT2D eigenvalue weighted by Gasteiger charge is 2.21. The van der Waals surface area contributed by atoms with E-state index in [1.165, 1.54) is 42.5 Å². The molecule has 10 heteroatoms. The zero-order valence-corrected chi connectivity index (χ0v) is 17.4. The third kappa shape index (κ3) is 5.85. The molecule has 0 spiro atoms. The van der Waals surface area contributed by atoms with Crippen LogP contribution in [0.5, 0.6) is 0 Å². The van der Waals surface area contributed by atoms with Crippen molar-refractivity contribution in [3.05, 3.63) is 58.1 Å². The Morgan fingerprint density at radius 3 is 2.32 bits per heavy atom. The maximum absolute atomic E-state index is 12.4. The number of nitrogens with one attached hydrogen (secondary N) is 1. The van der Waals surface area contributed by atoms with Gasteiger partial charge in [0.05, 0.1) is 29.1 Å². The smallest absolute Gasteiger partial charge is 0.339 e. The van der Waals surface area contributed by atoms with Crippen molar-refractivity contribution in [3.63, 3.8) is 0 Å². The topological polar surface area (TPSA) is 92.8 Å². The number of rotatable bonds is 7. The van der Waals surface area contributed by atoms with Gasteiger partial charge < -0.3 is 10.1 Å². The summed E-state index contributed by atoms with van der Waals surface area (Å²) in [7, 11) is -3.72. The quantitative estimate of drug-likeness (QED) is 0.658. The van der Waals surface area contributed by atoms with E-state index in [4.69, 9.17) is 27.9 Å². The highest BCUT2D eigenvalue weighted by molar-refractivity contribution is 7.92. The van der Waals surface area contributed by atoms with Gasteiger partial charge in [-0.1, -0.05) is 23.2 Å². The Morgan fingerprint density at radius 2 is 1.75 bits per heavy atom. The first-order chi connectivity index (χ1) is 13.1. The van der Waals surface area contributed by atoms with Gasteiger partial charge in [0, 0.05) is 10.7 Å².